The molecule has 0 amide bonds. The summed E-state index contributed by atoms with van der Waals surface area (Å²) in [5.74, 6) is 7.38. The van der Waals surface area contributed by atoms with Crippen LogP contribution in [0.3, 0.4) is 0 Å². The number of aromatic nitrogens is 4. The minimum absolute atomic E-state index is 0.259. The van der Waals surface area contributed by atoms with Crippen LogP contribution in [0.25, 0.3) is 5.69 Å². The summed E-state index contributed by atoms with van der Waals surface area (Å²) in [7, 11) is 0. The van der Waals surface area contributed by atoms with Gasteiger partial charge in [0.2, 0.25) is 0 Å². The van der Waals surface area contributed by atoms with E-state index in [-0.39, 0.29) is 19.8 Å². The molecule has 1 N–H and O–H groups in total. The summed E-state index contributed by atoms with van der Waals surface area (Å²) in [4.78, 5) is 4.28. The van der Waals surface area contributed by atoms with Crippen LogP contribution in [-0.4, -0.2) is 48.9 Å². The first-order valence-corrected chi connectivity index (χ1v) is 12.2. The zero-order chi connectivity index (χ0) is 23.4. The monoisotopic (exact) mass is 474 g/mol. The summed E-state index contributed by atoms with van der Waals surface area (Å²) < 4.78 is 13.1. The van der Waals surface area contributed by atoms with E-state index in [1.165, 1.54) is 6.42 Å². The van der Waals surface area contributed by atoms with Gasteiger partial charge in [-0.1, -0.05) is 35.8 Å². The lowest BCUT2D eigenvalue weighted by Crippen LogP contribution is -2.48. The van der Waals surface area contributed by atoms with Crippen LogP contribution in [0.4, 0.5) is 0 Å². The highest BCUT2D eigenvalue weighted by Gasteiger charge is 2.33. The third-order valence-electron chi connectivity index (χ3n) is 5.75. The second-order valence-corrected chi connectivity index (χ2v) is 9.71. The molecule has 2 aromatic heterocycles. The maximum Gasteiger partial charge on any atom is 0.196 e. The average Bonchev–Trinajstić information content (AvgIpc) is 3.24. The summed E-state index contributed by atoms with van der Waals surface area (Å²) in [5, 5.41) is 20.2. The van der Waals surface area contributed by atoms with Gasteiger partial charge in [0.15, 0.2) is 16.6 Å². The zero-order valence-corrected chi connectivity index (χ0v) is 19.8. The Kier molecular flexibility index (Phi) is 6.68. The molecule has 7 nitrogen and oxygen atoms in total. The van der Waals surface area contributed by atoms with E-state index in [4.69, 9.17) is 9.47 Å². The number of ether oxygens (including phenoxy) is 2. The fraction of sp³-hybridized carbons (Fsp3) is 0.346. The lowest BCUT2D eigenvalue weighted by molar-refractivity contribution is -0.140. The Bertz CT molecular complexity index is 1240. The fourth-order valence-corrected chi connectivity index (χ4v) is 4.94. The molecule has 0 saturated carbocycles. The summed E-state index contributed by atoms with van der Waals surface area (Å²) >= 11 is 1.72. The molecular weight excluding hydrogens is 448 g/mol. The number of benzene rings is 1. The molecule has 1 saturated heterocycles. The normalized spacial score (nSPS) is 18.6. The number of nitrogens with zero attached hydrogens (tertiary/aromatic N) is 4. The maximum absolute atomic E-state index is 10.1. The van der Waals surface area contributed by atoms with Crippen molar-refractivity contribution in [2.45, 2.75) is 48.8 Å². The predicted octanol–water partition coefficient (Wildman–Crippen LogP) is 3.86. The van der Waals surface area contributed by atoms with E-state index < -0.39 is 5.60 Å². The molecule has 8 heteroatoms. The van der Waals surface area contributed by atoms with E-state index in [2.05, 4.69) is 39.2 Å². The van der Waals surface area contributed by atoms with Gasteiger partial charge in [0.1, 0.15) is 12.4 Å². The highest BCUT2D eigenvalue weighted by molar-refractivity contribution is 7.99. The second-order valence-electron chi connectivity index (χ2n) is 8.50. The van der Waals surface area contributed by atoms with E-state index in [1.54, 1.807) is 18.0 Å². The van der Waals surface area contributed by atoms with Crippen LogP contribution >= 0.6 is 11.8 Å². The first kappa shape index (κ1) is 22.7. The summed E-state index contributed by atoms with van der Waals surface area (Å²) in [5.41, 5.74) is 1.71. The van der Waals surface area contributed by atoms with E-state index >= 15 is 0 Å². The van der Waals surface area contributed by atoms with E-state index in [1.807, 2.05) is 48.0 Å². The van der Waals surface area contributed by atoms with Crippen molar-refractivity contribution in [1.82, 2.24) is 19.7 Å². The van der Waals surface area contributed by atoms with Gasteiger partial charge < -0.3 is 14.6 Å². The number of allylic oxidation sites excluding steroid dienone is 1. The van der Waals surface area contributed by atoms with E-state index in [0.717, 1.165) is 40.6 Å². The number of aryl methyl sites for hydroxylation is 1. The predicted molar refractivity (Wildman–Crippen MR) is 130 cm³/mol. The van der Waals surface area contributed by atoms with Crippen molar-refractivity contribution in [3.05, 3.63) is 71.8 Å². The standard InChI is InChI=1S/C26H26N4O3S/c1-19-14-22(10-9-20(19)11-12-26(31)17-32-18-26)33-16-24-28-29-25(34-23-7-3-2-4-8-23)30(24)21-6-5-13-27-15-21/h3,5-7,9-10,13-15,23,31H,2,4,8,16-18H2,1H3. The van der Waals surface area contributed by atoms with E-state index in [0.29, 0.717) is 11.1 Å². The molecule has 0 spiro atoms. The largest absolute Gasteiger partial charge is 0.486 e. The number of hydrogen-bond acceptors (Lipinski definition) is 7. The number of hydrogen-bond donors (Lipinski definition) is 1. The second kappa shape index (κ2) is 10.0. The van der Waals surface area contributed by atoms with Gasteiger partial charge in [-0.3, -0.25) is 9.55 Å². The van der Waals surface area contributed by atoms with Crippen molar-refractivity contribution < 1.29 is 14.6 Å². The summed E-state index contributed by atoms with van der Waals surface area (Å²) in [6.45, 7) is 2.76. The van der Waals surface area contributed by atoms with Crippen molar-refractivity contribution in [3.63, 3.8) is 0 Å². The smallest absolute Gasteiger partial charge is 0.196 e. The number of pyridine rings is 1. The van der Waals surface area contributed by atoms with Gasteiger partial charge in [-0.25, -0.2) is 0 Å². The molecule has 0 radical (unpaired) electrons. The molecule has 3 heterocycles. The molecule has 1 aromatic carbocycles. The molecule has 34 heavy (non-hydrogen) atoms. The molecule has 1 fully saturated rings. The minimum atomic E-state index is -1.03. The molecule has 3 aromatic rings. The van der Waals surface area contributed by atoms with Crippen molar-refractivity contribution in [2.24, 2.45) is 0 Å². The van der Waals surface area contributed by atoms with Crippen molar-refractivity contribution in [2.75, 3.05) is 13.2 Å². The van der Waals surface area contributed by atoms with Gasteiger partial charge in [-0.05, 0) is 62.1 Å². The van der Waals surface area contributed by atoms with Crippen LogP contribution in [0.1, 0.15) is 36.2 Å². The SMILES string of the molecule is Cc1cc(OCc2nnc(SC3C=CCCC3)n2-c2cccnc2)ccc1C#CC1(O)COC1. The Balaban J connectivity index is 1.33. The molecule has 1 aliphatic heterocycles. The van der Waals surface area contributed by atoms with Gasteiger partial charge in [-0.15, -0.1) is 10.2 Å². The number of thioether (sulfide) groups is 1. The molecule has 1 unspecified atom stereocenters. The molecule has 5 rings (SSSR count). The van der Waals surface area contributed by atoms with Crippen LogP contribution in [0, 0.1) is 18.8 Å². The Morgan fingerprint density at radius 3 is 2.91 bits per heavy atom. The van der Waals surface area contributed by atoms with Gasteiger partial charge >= 0.3 is 0 Å². The third kappa shape index (κ3) is 5.17. The summed E-state index contributed by atoms with van der Waals surface area (Å²) in [6, 6.07) is 9.64. The van der Waals surface area contributed by atoms with Crippen LogP contribution in [-0.2, 0) is 11.3 Å². The first-order chi connectivity index (χ1) is 16.6. The minimum Gasteiger partial charge on any atom is -0.486 e. The maximum atomic E-state index is 10.1. The van der Waals surface area contributed by atoms with Crippen molar-refractivity contribution >= 4 is 11.8 Å². The van der Waals surface area contributed by atoms with Gasteiger partial charge in [0.05, 0.1) is 25.1 Å². The number of aliphatic hydroxyl groups is 1. The Morgan fingerprint density at radius 2 is 2.21 bits per heavy atom. The van der Waals surface area contributed by atoms with Gasteiger partial charge in [0, 0.05) is 17.0 Å². The summed E-state index contributed by atoms with van der Waals surface area (Å²) in [6.07, 6.45) is 11.5. The third-order valence-corrected chi connectivity index (χ3v) is 6.92. The lowest BCUT2D eigenvalue weighted by atomic mass is 10.0. The molecule has 1 aliphatic carbocycles. The van der Waals surface area contributed by atoms with Gasteiger partial charge in [-0.2, -0.15) is 0 Å². The van der Waals surface area contributed by atoms with Crippen LogP contribution < -0.4 is 4.74 Å². The van der Waals surface area contributed by atoms with Crippen LogP contribution in [0.15, 0.2) is 60.0 Å². The molecule has 174 valence electrons. The van der Waals surface area contributed by atoms with Crippen molar-refractivity contribution in [1.29, 1.82) is 0 Å². The average molecular weight is 475 g/mol. The highest BCUT2D eigenvalue weighted by Crippen LogP contribution is 2.31. The quantitative estimate of drug-likeness (QED) is 0.429. The number of rotatable bonds is 6. The zero-order valence-electron chi connectivity index (χ0n) is 19.0. The Morgan fingerprint density at radius 1 is 1.29 bits per heavy atom. The molecule has 1 atom stereocenters. The Hall–Kier alpha value is -3.12. The topological polar surface area (TPSA) is 82.3 Å². The first-order valence-electron chi connectivity index (χ1n) is 11.3. The Labute approximate surface area is 203 Å². The van der Waals surface area contributed by atoms with Crippen LogP contribution in [0.2, 0.25) is 0 Å². The molecule has 0 bridgehead atoms. The highest BCUT2D eigenvalue weighted by atomic mass is 32.2. The van der Waals surface area contributed by atoms with Crippen LogP contribution in [0.5, 0.6) is 5.75 Å². The van der Waals surface area contributed by atoms with Gasteiger partial charge in [0.25, 0.3) is 0 Å². The van der Waals surface area contributed by atoms with Crippen molar-refractivity contribution in [3.8, 4) is 23.3 Å². The fourth-order valence-electron chi connectivity index (χ4n) is 3.80. The molecular formula is C26H26N4O3S. The lowest BCUT2D eigenvalue weighted by Gasteiger charge is -2.30. The molecule has 2 aliphatic rings. The van der Waals surface area contributed by atoms with E-state index in [9.17, 15) is 5.11 Å².